The molecule has 0 saturated carbocycles. The summed E-state index contributed by atoms with van der Waals surface area (Å²) in [7, 11) is -16.7. The van der Waals surface area contributed by atoms with Crippen LogP contribution in [0.3, 0.4) is 0 Å². The first-order valence-corrected chi connectivity index (χ1v) is 28.6. The Morgan fingerprint density at radius 3 is 1.48 bits per heavy atom. The molecule has 4 atom stereocenters. The number of rotatable bonds is 18. The molecule has 346 valence electrons. The molecule has 4 unspecified atom stereocenters. The minimum absolute atomic E-state index is 0. The summed E-state index contributed by atoms with van der Waals surface area (Å²) in [4.78, 5) is -0.541. The van der Waals surface area contributed by atoms with Crippen LogP contribution in [0.15, 0.2) is 143 Å². The van der Waals surface area contributed by atoms with Crippen molar-refractivity contribution in [1.29, 1.82) is 0 Å². The summed E-state index contributed by atoms with van der Waals surface area (Å²) in [5.74, 6) is 1.01. The number of hydrogen-bond acceptors (Lipinski definition) is 8. The van der Waals surface area contributed by atoms with E-state index in [1.54, 1.807) is 42.5 Å². The van der Waals surface area contributed by atoms with Gasteiger partial charge in [0.05, 0.1) is 31.7 Å². The summed E-state index contributed by atoms with van der Waals surface area (Å²) in [5.41, 5.74) is 3.86. The second-order valence-corrected chi connectivity index (χ2v) is 25.0. The zero-order valence-electron chi connectivity index (χ0n) is 37.7. The Morgan fingerprint density at radius 2 is 0.970 bits per heavy atom. The number of benzene rings is 6. The molecule has 0 fully saturated rings. The Hall–Kier alpha value is -2.59. The van der Waals surface area contributed by atoms with Crippen LogP contribution in [0.2, 0.25) is 0 Å². The molecule has 0 spiro atoms. The quantitative estimate of drug-likeness (QED) is 0.0481. The molecule has 2 aliphatic heterocycles. The maximum Gasteiger partial charge on any atom is 0.294 e. The predicted octanol–water partition coefficient (Wildman–Crippen LogP) is 12.1. The summed E-state index contributed by atoms with van der Waals surface area (Å²) < 4.78 is 117. The van der Waals surface area contributed by atoms with Crippen LogP contribution in [0, 0.1) is 0 Å². The Labute approximate surface area is 445 Å². The van der Waals surface area contributed by atoms with Gasteiger partial charge in [-0.3, -0.25) is 18.2 Å². The van der Waals surface area contributed by atoms with Crippen molar-refractivity contribution in [3.63, 3.8) is 0 Å². The van der Waals surface area contributed by atoms with E-state index in [-0.39, 0.29) is 99.3 Å². The van der Waals surface area contributed by atoms with E-state index in [1.807, 2.05) is 85.8 Å². The Balaban J connectivity index is 0.00000370. The zero-order chi connectivity index (χ0) is 46.0. The molecular formula is C51H54O10P2S2Y2. The molecule has 2 heterocycles. The first-order valence-electron chi connectivity index (χ1n) is 22.3. The van der Waals surface area contributed by atoms with Gasteiger partial charge in [0.15, 0.2) is 0 Å². The summed E-state index contributed by atoms with van der Waals surface area (Å²) in [5, 5.41) is 1.18. The molecular weight excluding hydrogens is 1080 g/mol. The second kappa shape index (κ2) is 22.7. The van der Waals surface area contributed by atoms with Crippen LogP contribution >= 0.6 is 14.7 Å². The topological polar surface area (TPSA) is 161 Å². The van der Waals surface area contributed by atoms with Crippen LogP contribution in [0.4, 0.5) is 0 Å². The fraction of sp³-hybridized carbons (Fsp3) is 0.294. The standard InChI is InChI=1S/C51H54O10P2S2.2Y/c1-3-5-6-7-17-38-30-28-36(33-50(38)64(54,55)56)32-37-29-31-39(51(34-37)65(57,58)59)35-41(63(53)49-27-15-11-23-45(49)43-21-9-13-25-47(43)61-63)19-16-18-40(4-2)62(52)48-26-14-10-22-44(48)42-20-8-12-24-46(42)60-62;;/h8-15,20-31,33-34,40-41H,3-7,16-19,32,35H2,1-2H3,(H,54,55,56)(H,57,58,59);;. The molecule has 0 amide bonds. The third kappa shape index (κ3) is 11.6. The zero-order valence-corrected chi connectivity index (χ0v) is 46.8. The molecule has 10 nitrogen and oxygen atoms in total. The van der Waals surface area contributed by atoms with Crippen LogP contribution in [-0.4, -0.2) is 37.3 Å². The van der Waals surface area contributed by atoms with Crippen molar-refractivity contribution in [1.82, 2.24) is 0 Å². The van der Waals surface area contributed by atoms with Gasteiger partial charge in [-0.25, -0.2) is 0 Å². The van der Waals surface area contributed by atoms with Gasteiger partial charge < -0.3 is 9.05 Å². The average molecular weight is 1130 g/mol. The van der Waals surface area contributed by atoms with Crippen LogP contribution in [-0.2, 0) is 114 Å². The van der Waals surface area contributed by atoms with Gasteiger partial charge in [0.1, 0.15) is 11.5 Å². The van der Waals surface area contributed by atoms with Crippen molar-refractivity contribution in [2.75, 3.05) is 0 Å². The monoisotopic (exact) mass is 1130 g/mol. The molecule has 16 heteroatoms. The Kier molecular flexibility index (Phi) is 18.2. The largest absolute Gasteiger partial charge is 0.439 e. The number of aryl methyl sites for hydroxylation is 1. The van der Waals surface area contributed by atoms with E-state index in [9.17, 15) is 25.9 Å². The van der Waals surface area contributed by atoms with Gasteiger partial charge in [-0.15, -0.1) is 0 Å². The molecule has 67 heavy (non-hydrogen) atoms. The minimum Gasteiger partial charge on any atom is -0.439 e. The third-order valence-electron chi connectivity index (χ3n) is 12.8. The fourth-order valence-electron chi connectivity index (χ4n) is 9.52. The van der Waals surface area contributed by atoms with Crippen molar-refractivity contribution in [3.05, 3.63) is 156 Å². The van der Waals surface area contributed by atoms with E-state index in [4.69, 9.17) is 9.05 Å². The van der Waals surface area contributed by atoms with E-state index in [2.05, 4.69) is 6.92 Å². The molecule has 6 aromatic carbocycles. The maximum atomic E-state index is 15.9. The van der Waals surface area contributed by atoms with Crippen LogP contribution in [0.1, 0.15) is 87.5 Å². The van der Waals surface area contributed by atoms with E-state index in [0.717, 1.165) is 47.9 Å². The molecule has 8 rings (SSSR count). The smallest absolute Gasteiger partial charge is 0.294 e. The van der Waals surface area contributed by atoms with Crippen LogP contribution in [0.5, 0.6) is 11.5 Å². The molecule has 2 radical (unpaired) electrons. The fourth-order valence-corrected chi connectivity index (χ4v) is 16.9. The molecule has 2 N–H and O–H groups in total. The number of unbranched alkanes of at least 4 members (excludes halogenated alkanes) is 3. The second-order valence-electron chi connectivity index (χ2n) is 17.1. The average Bonchev–Trinajstić information content (AvgIpc) is 3.29. The number of fused-ring (bicyclic) bond motifs is 6. The summed E-state index contributed by atoms with van der Waals surface area (Å²) in [6.07, 6.45) is 6.00. The van der Waals surface area contributed by atoms with Crippen molar-refractivity contribution in [2.45, 2.75) is 106 Å². The van der Waals surface area contributed by atoms with Crippen molar-refractivity contribution >= 4 is 45.6 Å². The molecule has 0 saturated heterocycles. The van der Waals surface area contributed by atoms with Crippen molar-refractivity contribution in [3.8, 4) is 33.8 Å². The number of hydrogen-bond donors (Lipinski definition) is 2. The normalized spacial score (nSPS) is 18.0. The van der Waals surface area contributed by atoms with E-state index in [0.29, 0.717) is 70.9 Å². The van der Waals surface area contributed by atoms with E-state index < -0.39 is 40.6 Å². The van der Waals surface area contributed by atoms with E-state index in [1.165, 1.54) is 12.1 Å². The third-order valence-corrected chi connectivity index (χ3v) is 20.7. The Bertz CT molecular complexity index is 3070. The summed E-state index contributed by atoms with van der Waals surface area (Å²) in [6.45, 7) is 4.07. The van der Waals surface area contributed by atoms with Crippen LogP contribution in [0.25, 0.3) is 22.3 Å². The van der Waals surface area contributed by atoms with Gasteiger partial charge in [0.2, 0.25) is 0 Å². The SMILES string of the molecule is CCCCCCc1ccc(Cc2ccc(CC(CCCC(CC)P3(=O)Oc4ccccc4-c4ccccc43)P3(=O)Oc4ccccc4-c4ccccc43)c(S(=O)(=O)O)c2)cc1S(=O)(=O)O.[Y].[Y]. The van der Waals surface area contributed by atoms with Gasteiger partial charge >= 0.3 is 0 Å². The van der Waals surface area contributed by atoms with Crippen molar-refractivity contribution < 1.29 is 110 Å². The minimum atomic E-state index is -4.84. The summed E-state index contributed by atoms with van der Waals surface area (Å²) in [6, 6.07) is 39.5. The summed E-state index contributed by atoms with van der Waals surface area (Å²) >= 11 is 0. The van der Waals surface area contributed by atoms with Gasteiger partial charge in [-0.1, -0.05) is 137 Å². The maximum absolute atomic E-state index is 15.9. The van der Waals surface area contributed by atoms with Crippen molar-refractivity contribution in [2.24, 2.45) is 0 Å². The van der Waals surface area contributed by atoms with Gasteiger partial charge in [-0.05, 0) is 115 Å². The molecule has 0 bridgehead atoms. The first-order chi connectivity index (χ1) is 31.1. The molecule has 0 aromatic heterocycles. The predicted molar refractivity (Wildman–Crippen MR) is 258 cm³/mol. The van der Waals surface area contributed by atoms with Crippen LogP contribution < -0.4 is 19.7 Å². The molecule has 0 aliphatic carbocycles. The molecule has 6 aromatic rings. The number of para-hydroxylation sites is 2. The first kappa shape index (κ1) is 53.8. The Morgan fingerprint density at radius 1 is 0.522 bits per heavy atom. The van der Waals surface area contributed by atoms with Gasteiger partial charge in [0, 0.05) is 76.5 Å². The van der Waals surface area contributed by atoms with Gasteiger partial charge in [-0.2, -0.15) is 16.8 Å². The van der Waals surface area contributed by atoms with Gasteiger partial charge in [0.25, 0.3) is 35.0 Å². The molecule has 2 aliphatic rings. The van der Waals surface area contributed by atoms with E-state index >= 15 is 9.13 Å².